The highest BCUT2D eigenvalue weighted by Gasteiger charge is 2.09. The van der Waals surface area contributed by atoms with Crippen molar-refractivity contribution in [1.29, 1.82) is 0 Å². The molecule has 9 heteroatoms. The van der Waals surface area contributed by atoms with Crippen LogP contribution in [-0.2, 0) is 4.79 Å². The molecule has 2 aromatic heterocycles. The summed E-state index contributed by atoms with van der Waals surface area (Å²) in [5.74, 6) is -0.117. The highest BCUT2D eigenvalue weighted by molar-refractivity contribution is 7.99. The molecule has 4 rings (SSSR count). The van der Waals surface area contributed by atoms with E-state index < -0.39 is 4.92 Å². The first-order chi connectivity index (χ1) is 15.5. The van der Waals surface area contributed by atoms with E-state index in [9.17, 15) is 14.9 Å². The van der Waals surface area contributed by atoms with Gasteiger partial charge in [0, 0.05) is 33.6 Å². The Balaban J connectivity index is 1.37. The molecule has 0 bridgehead atoms. The number of aromatic nitrogens is 2. The zero-order chi connectivity index (χ0) is 22.5. The van der Waals surface area contributed by atoms with Crippen molar-refractivity contribution >= 4 is 62.6 Å². The molecule has 4 aromatic rings. The summed E-state index contributed by atoms with van der Waals surface area (Å²) in [7, 11) is 0. The molecule has 2 heterocycles. The summed E-state index contributed by atoms with van der Waals surface area (Å²) in [4.78, 5) is 32.3. The summed E-state index contributed by atoms with van der Waals surface area (Å²) in [6.07, 6.45) is 5.67. The van der Waals surface area contributed by atoms with Crippen LogP contribution in [0.2, 0.25) is 0 Å². The predicted octanol–water partition coefficient (Wildman–Crippen LogP) is 5.81. The maximum Gasteiger partial charge on any atom is 0.269 e. The van der Waals surface area contributed by atoms with Crippen molar-refractivity contribution in [1.82, 2.24) is 9.97 Å². The summed E-state index contributed by atoms with van der Waals surface area (Å²) in [5, 5.41) is 15.2. The number of hydrogen-bond donors (Lipinski definition) is 1. The first-order valence-electron chi connectivity index (χ1n) is 9.66. The van der Waals surface area contributed by atoms with Crippen molar-refractivity contribution in [3.8, 4) is 0 Å². The van der Waals surface area contributed by atoms with E-state index in [1.807, 2.05) is 24.3 Å². The SMILES string of the molecule is Cc1c(C=Cc2ccnc(SCC(=O)Nc3ccc([N+](=O)[O-])cc3)n2)sc2ccccc12. The van der Waals surface area contributed by atoms with Crippen LogP contribution in [0.25, 0.3) is 22.2 Å². The first kappa shape index (κ1) is 21.7. The van der Waals surface area contributed by atoms with Crippen LogP contribution in [0.15, 0.2) is 66.0 Å². The van der Waals surface area contributed by atoms with E-state index >= 15 is 0 Å². The monoisotopic (exact) mass is 462 g/mol. The van der Waals surface area contributed by atoms with Gasteiger partial charge in [0.05, 0.1) is 16.4 Å². The van der Waals surface area contributed by atoms with Crippen LogP contribution in [0.4, 0.5) is 11.4 Å². The molecule has 7 nitrogen and oxygen atoms in total. The van der Waals surface area contributed by atoms with Crippen LogP contribution >= 0.6 is 23.1 Å². The molecule has 1 amide bonds. The Morgan fingerprint density at radius 3 is 2.69 bits per heavy atom. The molecule has 0 aliphatic heterocycles. The molecule has 32 heavy (non-hydrogen) atoms. The number of thiophene rings is 1. The Hall–Kier alpha value is -3.56. The van der Waals surface area contributed by atoms with Crippen LogP contribution in [0.1, 0.15) is 16.1 Å². The van der Waals surface area contributed by atoms with E-state index in [0.717, 1.165) is 5.69 Å². The van der Waals surface area contributed by atoms with Crippen molar-refractivity contribution < 1.29 is 9.72 Å². The zero-order valence-corrected chi connectivity index (χ0v) is 18.7. The lowest BCUT2D eigenvalue weighted by Gasteiger charge is -2.04. The lowest BCUT2D eigenvalue weighted by molar-refractivity contribution is -0.384. The number of nitro benzene ring substituents is 1. The summed E-state index contributed by atoms with van der Waals surface area (Å²) in [6, 6.07) is 15.8. The topological polar surface area (TPSA) is 98.0 Å². The lowest BCUT2D eigenvalue weighted by Crippen LogP contribution is -2.14. The normalized spacial score (nSPS) is 11.2. The van der Waals surface area contributed by atoms with Gasteiger partial charge in [0.1, 0.15) is 0 Å². The molecular formula is C23H18N4O3S2. The average Bonchev–Trinajstić information content (AvgIpc) is 3.13. The smallest absolute Gasteiger partial charge is 0.269 e. The van der Waals surface area contributed by atoms with Gasteiger partial charge < -0.3 is 5.32 Å². The number of anilines is 1. The number of carbonyl (C=O) groups excluding carboxylic acids is 1. The van der Waals surface area contributed by atoms with Gasteiger partial charge in [0.15, 0.2) is 5.16 Å². The maximum absolute atomic E-state index is 12.2. The Morgan fingerprint density at radius 1 is 1.16 bits per heavy atom. The first-order valence-corrected chi connectivity index (χ1v) is 11.5. The number of thioether (sulfide) groups is 1. The molecule has 0 radical (unpaired) electrons. The van der Waals surface area contributed by atoms with Gasteiger partial charge in [-0.05, 0) is 54.3 Å². The summed E-state index contributed by atoms with van der Waals surface area (Å²) < 4.78 is 1.25. The maximum atomic E-state index is 12.2. The van der Waals surface area contributed by atoms with E-state index in [4.69, 9.17) is 0 Å². The molecule has 0 aliphatic rings. The van der Waals surface area contributed by atoms with Gasteiger partial charge in [-0.3, -0.25) is 14.9 Å². The standard InChI is InChI=1S/C23H18N4O3S2/c1-15-19-4-2-3-5-21(19)32-20(15)11-8-17-12-13-24-23(26-17)31-14-22(28)25-16-6-9-18(10-7-16)27(29)30/h2-13H,14H2,1H3,(H,25,28). The Labute approximate surface area is 192 Å². The second kappa shape index (κ2) is 9.71. The van der Waals surface area contributed by atoms with E-state index in [1.165, 1.54) is 56.6 Å². The quantitative estimate of drug-likeness (QED) is 0.161. The summed E-state index contributed by atoms with van der Waals surface area (Å²) in [5.41, 5.74) is 2.47. The fourth-order valence-corrected chi connectivity index (χ4v) is 4.77. The fourth-order valence-electron chi connectivity index (χ4n) is 3.02. The highest BCUT2D eigenvalue weighted by Crippen LogP contribution is 2.31. The number of non-ortho nitro benzene ring substituents is 1. The van der Waals surface area contributed by atoms with Crippen molar-refractivity contribution in [3.05, 3.63) is 87.0 Å². The van der Waals surface area contributed by atoms with E-state index in [1.54, 1.807) is 17.5 Å². The number of amides is 1. The Kier molecular flexibility index (Phi) is 6.58. The van der Waals surface area contributed by atoms with E-state index in [0.29, 0.717) is 10.8 Å². The van der Waals surface area contributed by atoms with Gasteiger partial charge in [-0.15, -0.1) is 11.3 Å². The molecule has 2 aromatic carbocycles. The van der Waals surface area contributed by atoms with Gasteiger partial charge in [-0.2, -0.15) is 0 Å². The fraction of sp³-hybridized carbons (Fsp3) is 0.0870. The van der Waals surface area contributed by atoms with Gasteiger partial charge >= 0.3 is 0 Å². The number of nitrogens with zero attached hydrogens (tertiary/aromatic N) is 3. The van der Waals surface area contributed by atoms with Gasteiger partial charge in [0.2, 0.25) is 5.91 Å². The van der Waals surface area contributed by atoms with Crippen LogP contribution < -0.4 is 5.32 Å². The minimum atomic E-state index is -0.484. The van der Waals surface area contributed by atoms with E-state index in [2.05, 4.69) is 40.4 Å². The molecule has 0 saturated heterocycles. The molecule has 0 fully saturated rings. The molecule has 0 unspecified atom stereocenters. The van der Waals surface area contributed by atoms with Gasteiger partial charge in [-0.25, -0.2) is 9.97 Å². The number of benzene rings is 2. The number of nitrogens with one attached hydrogen (secondary N) is 1. The van der Waals surface area contributed by atoms with Crippen molar-refractivity contribution in [3.63, 3.8) is 0 Å². The van der Waals surface area contributed by atoms with Crippen LogP contribution in [0, 0.1) is 17.0 Å². The Bertz CT molecular complexity index is 1320. The van der Waals surface area contributed by atoms with Gasteiger partial charge in [0.25, 0.3) is 5.69 Å². The van der Waals surface area contributed by atoms with Crippen molar-refractivity contribution in [2.24, 2.45) is 0 Å². The molecule has 0 atom stereocenters. The minimum absolute atomic E-state index is 0.0264. The van der Waals surface area contributed by atoms with Crippen molar-refractivity contribution in [2.45, 2.75) is 12.1 Å². The second-order valence-electron chi connectivity index (χ2n) is 6.83. The largest absolute Gasteiger partial charge is 0.325 e. The summed E-state index contributed by atoms with van der Waals surface area (Å²) in [6.45, 7) is 2.11. The molecular weight excluding hydrogens is 444 g/mol. The molecule has 0 spiro atoms. The predicted molar refractivity (Wildman–Crippen MR) is 130 cm³/mol. The number of fused-ring (bicyclic) bond motifs is 1. The minimum Gasteiger partial charge on any atom is -0.325 e. The number of rotatable bonds is 7. The molecule has 160 valence electrons. The van der Waals surface area contributed by atoms with E-state index in [-0.39, 0.29) is 17.3 Å². The van der Waals surface area contributed by atoms with Gasteiger partial charge in [-0.1, -0.05) is 30.0 Å². The summed E-state index contributed by atoms with van der Waals surface area (Å²) >= 11 is 2.96. The van der Waals surface area contributed by atoms with Crippen LogP contribution in [0.5, 0.6) is 0 Å². The number of carbonyl (C=O) groups is 1. The molecule has 1 N–H and O–H groups in total. The second-order valence-corrected chi connectivity index (χ2v) is 8.85. The Morgan fingerprint density at radius 2 is 1.94 bits per heavy atom. The third-order valence-electron chi connectivity index (χ3n) is 4.64. The third-order valence-corrected chi connectivity index (χ3v) is 6.73. The molecule has 0 aliphatic carbocycles. The zero-order valence-electron chi connectivity index (χ0n) is 17.0. The average molecular weight is 463 g/mol. The highest BCUT2D eigenvalue weighted by atomic mass is 32.2. The number of hydrogen-bond acceptors (Lipinski definition) is 7. The molecule has 0 saturated carbocycles. The third kappa shape index (κ3) is 5.19. The van der Waals surface area contributed by atoms with Crippen molar-refractivity contribution in [2.75, 3.05) is 11.1 Å². The number of aryl methyl sites for hydroxylation is 1. The number of nitro groups is 1. The lowest BCUT2D eigenvalue weighted by atomic mass is 10.1. The van der Waals surface area contributed by atoms with Crippen LogP contribution in [0.3, 0.4) is 0 Å². The van der Waals surface area contributed by atoms with Crippen LogP contribution in [-0.4, -0.2) is 26.6 Å².